The van der Waals surface area contributed by atoms with E-state index in [2.05, 4.69) is 25.1 Å². The van der Waals surface area contributed by atoms with Crippen molar-refractivity contribution in [1.29, 1.82) is 0 Å². The number of nitrogens with one attached hydrogen (secondary N) is 1. The zero-order valence-corrected chi connectivity index (χ0v) is 17.0. The van der Waals surface area contributed by atoms with E-state index in [1.807, 2.05) is 0 Å². The molecule has 1 N–H and O–H groups in total. The Morgan fingerprint density at radius 2 is 1.97 bits per heavy atom. The first-order valence-corrected chi connectivity index (χ1v) is 9.37. The van der Waals surface area contributed by atoms with E-state index >= 15 is 0 Å². The summed E-state index contributed by atoms with van der Waals surface area (Å²) in [5.41, 5.74) is -1.27. The Hall–Kier alpha value is -2.86. The molecule has 0 spiro atoms. The van der Waals surface area contributed by atoms with Crippen LogP contribution >= 0.6 is 23.2 Å². The number of pyridine rings is 1. The SMILES string of the molecule is C[C@@]1(C(F)F)CN(C(=O)Nc2cnc(OC(F)F)c(Cl)c2)c2cnc3cc(Cl)nn3c21. The summed E-state index contributed by atoms with van der Waals surface area (Å²) in [5, 5.41) is 6.25. The highest BCUT2D eigenvalue weighted by molar-refractivity contribution is 6.32. The molecule has 0 aromatic carbocycles. The van der Waals surface area contributed by atoms with Crippen molar-refractivity contribution in [2.45, 2.75) is 25.4 Å². The predicted octanol–water partition coefficient (Wildman–Crippen LogP) is 4.61. The summed E-state index contributed by atoms with van der Waals surface area (Å²) in [5.74, 6) is -0.520. The summed E-state index contributed by atoms with van der Waals surface area (Å²) in [6, 6.07) is 1.76. The zero-order valence-electron chi connectivity index (χ0n) is 15.5. The molecule has 1 atom stereocenters. The number of carbonyl (C=O) groups is 1. The molecule has 31 heavy (non-hydrogen) atoms. The van der Waals surface area contributed by atoms with Crippen LogP contribution in [0.3, 0.4) is 0 Å². The maximum atomic E-state index is 14.0. The van der Waals surface area contributed by atoms with Crippen molar-refractivity contribution in [3.05, 3.63) is 40.4 Å². The molecule has 3 aromatic rings. The molecular formula is C17H12Cl2F4N6O2. The van der Waals surface area contributed by atoms with Crippen molar-refractivity contribution in [1.82, 2.24) is 19.6 Å². The molecule has 4 rings (SSSR count). The molecule has 8 nitrogen and oxygen atoms in total. The van der Waals surface area contributed by atoms with Gasteiger partial charge < -0.3 is 10.1 Å². The third kappa shape index (κ3) is 3.69. The van der Waals surface area contributed by atoms with E-state index in [1.54, 1.807) is 0 Å². The van der Waals surface area contributed by atoms with E-state index in [9.17, 15) is 22.4 Å². The van der Waals surface area contributed by atoms with Crippen molar-refractivity contribution in [2.75, 3.05) is 16.8 Å². The van der Waals surface area contributed by atoms with Crippen molar-refractivity contribution in [3.8, 4) is 5.88 Å². The third-order valence-electron chi connectivity index (χ3n) is 4.74. The smallest absolute Gasteiger partial charge is 0.388 e. The van der Waals surface area contributed by atoms with Crippen LogP contribution in [0.4, 0.5) is 33.7 Å². The Morgan fingerprint density at radius 3 is 2.61 bits per heavy atom. The van der Waals surface area contributed by atoms with Crippen molar-refractivity contribution < 1.29 is 27.1 Å². The molecule has 4 heterocycles. The van der Waals surface area contributed by atoms with Gasteiger partial charge in [0.05, 0.1) is 34.9 Å². The number of carbonyl (C=O) groups excluding carboxylic acids is 1. The summed E-state index contributed by atoms with van der Waals surface area (Å²) >= 11 is 11.7. The second-order valence-electron chi connectivity index (χ2n) is 6.85. The molecule has 14 heteroatoms. The van der Waals surface area contributed by atoms with Gasteiger partial charge >= 0.3 is 12.6 Å². The van der Waals surface area contributed by atoms with Gasteiger partial charge in [0.2, 0.25) is 5.88 Å². The fraction of sp³-hybridized carbons (Fsp3) is 0.294. The molecule has 0 bridgehead atoms. The Morgan fingerprint density at radius 1 is 1.23 bits per heavy atom. The topological polar surface area (TPSA) is 84.7 Å². The fourth-order valence-electron chi connectivity index (χ4n) is 3.33. The number of rotatable bonds is 4. The molecule has 0 radical (unpaired) electrons. The minimum Gasteiger partial charge on any atom is -0.415 e. The summed E-state index contributed by atoms with van der Waals surface area (Å²) in [6.45, 7) is -2.20. The lowest BCUT2D eigenvalue weighted by molar-refractivity contribution is -0.0527. The number of halogens is 6. The Kier molecular flexibility index (Phi) is 5.30. The van der Waals surface area contributed by atoms with Gasteiger partial charge in [0, 0.05) is 12.6 Å². The number of hydrogen-bond acceptors (Lipinski definition) is 5. The molecule has 1 aliphatic heterocycles. The van der Waals surface area contributed by atoms with E-state index in [0.29, 0.717) is 0 Å². The third-order valence-corrected chi connectivity index (χ3v) is 5.19. The van der Waals surface area contributed by atoms with Crippen LogP contribution < -0.4 is 15.0 Å². The normalized spacial score (nSPS) is 18.2. The molecule has 0 aliphatic carbocycles. The highest BCUT2D eigenvalue weighted by Gasteiger charge is 2.50. The van der Waals surface area contributed by atoms with Crippen LogP contribution in [-0.4, -0.2) is 45.2 Å². The van der Waals surface area contributed by atoms with E-state index in [4.69, 9.17) is 23.2 Å². The van der Waals surface area contributed by atoms with Gasteiger partial charge in [-0.1, -0.05) is 23.2 Å². The predicted molar refractivity (Wildman–Crippen MR) is 104 cm³/mol. The van der Waals surface area contributed by atoms with Gasteiger partial charge in [-0.05, 0) is 13.0 Å². The number of anilines is 2. The van der Waals surface area contributed by atoms with Crippen LogP contribution in [0.25, 0.3) is 5.65 Å². The lowest BCUT2D eigenvalue weighted by atomic mass is 9.89. The maximum absolute atomic E-state index is 14.0. The second kappa shape index (κ2) is 7.68. The van der Waals surface area contributed by atoms with Gasteiger partial charge in [-0.25, -0.2) is 28.1 Å². The zero-order chi connectivity index (χ0) is 22.5. The molecule has 0 unspecified atom stereocenters. The van der Waals surface area contributed by atoms with E-state index < -0.39 is 30.4 Å². The first kappa shape index (κ1) is 21.4. The lowest BCUT2D eigenvalue weighted by Crippen LogP contribution is -2.41. The van der Waals surface area contributed by atoms with Crippen LogP contribution in [0.15, 0.2) is 24.5 Å². The monoisotopic (exact) mass is 478 g/mol. The van der Waals surface area contributed by atoms with Gasteiger partial charge in [0.1, 0.15) is 5.02 Å². The van der Waals surface area contributed by atoms with E-state index in [0.717, 1.165) is 17.2 Å². The molecular weight excluding hydrogens is 467 g/mol. The molecule has 2 amide bonds. The molecule has 0 saturated carbocycles. The lowest BCUT2D eigenvalue weighted by Gasteiger charge is -2.24. The molecule has 0 fully saturated rings. The minimum atomic E-state index is -3.13. The summed E-state index contributed by atoms with van der Waals surface area (Å²) in [4.78, 5) is 21.7. The quantitative estimate of drug-likeness (QED) is 0.553. The first-order valence-electron chi connectivity index (χ1n) is 8.62. The highest BCUT2D eigenvalue weighted by atomic mass is 35.5. The Bertz CT molecular complexity index is 1180. The van der Waals surface area contributed by atoms with Gasteiger partial charge in [-0.2, -0.15) is 13.9 Å². The molecule has 0 saturated heterocycles. The second-order valence-corrected chi connectivity index (χ2v) is 7.65. The van der Waals surface area contributed by atoms with Crippen LogP contribution in [0, 0.1) is 0 Å². The largest absolute Gasteiger partial charge is 0.415 e. The number of aromatic nitrogens is 4. The maximum Gasteiger partial charge on any atom is 0.388 e. The fourth-order valence-corrected chi connectivity index (χ4v) is 3.71. The number of hydrogen-bond donors (Lipinski definition) is 1. The van der Waals surface area contributed by atoms with Gasteiger partial charge in [-0.3, -0.25) is 4.90 Å². The number of urea groups is 1. The number of nitrogens with zero attached hydrogens (tertiary/aromatic N) is 5. The molecule has 3 aromatic heterocycles. The van der Waals surface area contributed by atoms with E-state index in [1.165, 1.54) is 23.7 Å². The minimum absolute atomic E-state index is 0.0417. The molecule has 1 aliphatic rings. The van der Waals surface area contributed by atoms with Crippen LogP contribution in [0.2, 0.25) is 10.2 Å². The van der Waals surface area contributed by atoms with Gasteiger partial charge in [0.15, 0.2) is 10.8 Å². The Balaban J connectivity index is 1.68. The van der Waals surface area contributed by atoms with Crippen molar-refractivity contribution in [3.63, 3.8) is 0 Å². The van der Waals surface area contributed by atoms with Crippen LogP contribution in [0.1, 0.15) is 12.6 Å². The standard InChI is InChI=1S/C17H12Cl2F4N6O2/c1-17(14(20)21)6-28(9-5-24-11-3-10(19)27-29(11)12(9)17)16(30)26-7-2-8(18)13(25-4-7)31-15(22)23/h2-5,14-15H,6H2,1H3,(H,26,30)/t17-/m1/s1. The van der Waals surface area contributed by atoms with Crippen LogP contribution in [-0.2, 0) is 5.41 Å². The number of amides is 2. The molecule has 164 valence electrons. The van der Waals surface area contributed by atoms with Crippen LogP contribution in [0.5, 0.6) is 5.88 Å². The number of fused-ring (bicyclic) bond motifs is 3. The van der Waals surface area contributed by atoms with Gasteiger partial charge in [0.25, 0.3) is 6.43 Å². The summed E-state index contributed by atoms with van der Waals surface area (Å²) in [6.07, 6.45) is -0.514. The first-order chi connectivity index (χ1) is 14.6. The number of alkyl halides is 4. The van der Waals surface area contributed by atoms with Gasteiger partial charge in [-0.15, -0.1) is 0 Å². The highest BCUT2D eigenvalue weighted by Crippen LogP contribution is 2.44. The van der Waals surface area contributed by atoms with E-state index in [-0.39, 0.29) is 39.4 Å². The Labute approximate surface area is 181 Å². The average Bonchev–Trinajstić information content (AvgIpc) is 3.21. The van der Waals surface area contributed by atoms with Crippen molar-refractivity contribution >= 4 is 46.3 Å². The summed E-state index contributed by atoms with van der Waals surface area (Å²) < 4.78 is 58.1. The summed E-state index contributed by atoms with van der Waals surface area (Å²) in [7, 11) is 0. The van der Waals surface area contributed by atoms with Crippen molar-refractivity contribution in [2.24, 2.45) is 0 Å². The average molecular weight is 479 g/mol. The number of ether oxygens (including phenoxy) is 1.